The van der Waals surface area contributed by atoms with Crippen LogP contribution in [0, 0.1) is 0 Å². The van der Waals surface area contributed by atoms with Crippen molar-refractivity contribution in [2.24, 2.45) is 5.73 Å². The molecule has 0 spiro atoms. The fourth-order valence-electron chi connectivity index (χ4n) is 2.23. The smallest absolute Gasteiger partial charge is 0.345 e. The summed E-state index contributed by atoms with van der Waals surface area (Å²) in [5.74, 6) is 0.288. The molecule has 0 saturated carbocycles. The van der Waals surface area contributed by atoms with Gasteiger partial charge in [0.25, 0.3) is 0 Å². The van der Waals surface area contributed by atoms with Gasteiger partial charge in [0.1, 0.15) is 0 Å². The third kappa shape index (κ3) is 2.66. The van der Waals surface area contributed by atoms with Crippen molar-refractivity contribution in [1.82, 2.24) is 9.97 Å². The van der Waals surface area contributed by atoms with Gasteiger partial charge >= 0.3 is 5.69 Å². The van der Waals surface area contributed by atoms with E-state index in [1.165, 1.54) is 0 Å². The maximum absolute atomic E-state index is 11.3. The zero-order valence-electron chi connectivity index (χ0n) is 10.4. The molecule has 0 radical (unpaired) electrons. The fourth-order valence-corrected chi connectivity index (χ4v) is 2.23. The van der Waals surface area contributed by atoms with Crippen LogP contribution < -0.4 is 16.3 Å². The van der Waals surface area contributed by atoms with Crippen LogP contribution in [0.3, 0.4) is 0 Å². The first-order chi connectivity index (χ1) is 8.08. The van der Waals surface area contributed by atoms with E-state index in [9.17, 15) is 4.79 Å². The molecule has 5 heteroatoms. The second-order valence-electron chi connectivity index (χ2n) is 4.97. The summed E-state index contributed by atoms with van der Waals surface area (Å²) in [4.78, 5) is 20.2. The molecule has 0 aromatic carbocycles. The molecular weight excluding hydrogens is 216 g/mol. The number of piperidine rings is 1. The van der Waals surface area contributed by atoms with E-state index in [2.05, 4.69) is 28.7 Å². The molecule has 5 nitrogen and oxygen atoms in total. The molecule has 0 amide bonds. The fraction of sp³-hybridized carbons (Fsp3) is 0.667. The van der Waals surface area contributed by atoms with E-state index >= 15 is 0 Å². The molecule has 1 aliphatic rings. The summed E-state index contributed by atoms with van der Waals surface area (Å²) in [5.41, 5.74) is 7.65. The Hall–Kier alpha value is -1.36. The maximum atomic E-state index is 11.3. The first-order valence-corrected chi connectivity index (χ1v) is 6.17. The minimum atomic E-state index is -0.272. The third-order valence-corrected chi connectivity index (χ3v) is 3.28. The second-order valence-corrected chi connectivity index (χ2v) is 4.97. The molecule has 1 saturated heterocycles. The second kappa shape index (κ2) is 4.87. The number of hydrogen-bond acceptors (Lipinski definition) is 4. The number of nitrogens with two attached hydrogens (primary N) is 1. The highest BCUT2D eigenvalue weighted by molar-refractivity contribution is 5.50. The standard InChI is InChI=1S/C12H20N4O/c1-8(2)11-10(7-14-12(17)15-11)16-5-3-9(13)4-6-16/h7-9H,3-6,13H2,1-2H3,(H,14,15,17). The van der Waals surface area contributed by atoms with Crippen LogP contribution in [-0.4, -0.2) is 29.1 Å². The Morgan fingerprint density at radius 3 is 2.71 bits per heavy atom. The van der Waals surface area contributed by atoms with Crippen molar-refractivity contribution in [2.45, 2.75) is 38.6 Å². The normalized spacial score (nSPS) is 17.8. The highest BCUT2D eigenvalue weighted by Crippen LogP contribution is 2.25. The summed E-state index contributed by atoms with van der Waals surface area (Å²) in [6.07, 6.45) is 3.68. The average molecular weight is 236 g/mol. The first kappa shape index (κ1) is 12.1. The minimum absolute atomic E-state index is 0.272. The molecule has 0 aliphatic carbocycles. The number of anilines is 1. The summed E-state index contributed by atoms with van der Waals surface area (Å²) >= 11 is 0. The van der Waals surface area contributed by atoms with Gasteiger partial charge in [0, 0.05) is 24.8 Å². The first-order valence-electron chi connectivity index (χ1n) is 6.17. The number of hydrogen-bond donors (Lipinski definition) is 2. The Morgan fingerprint density at radius 2 is 2.12 bits per heavy atom. The maximum Gasteiger partial charge on any atom is 0.345 e. The Bertz CT molecular complexity index is 432. The average Bonchev–Trinajstić information content (AvgIpc) is 2.30. The zero-order valence-corrected chi connectivity index (χ0v) is 10.4. The van der Waals surface area contributed by atoms with Crippen LogP contribution in [0.2, 0.25) is 0 Å². The highest BCUT2D eigenvalue weighted by Gasteiger charge is 2.20. The van der Waals surface area contributed by atoms with Crippen LogP contribution in [-0.2, 0) is 0 Å². The summed E-state index contributed by atoms with van der Waals surface area (Å²) in [7, 11) is 0. The number of aromatic nitrogens is 2. The molecule has 1 aromatic rings. The molecule has 17 heavy (non-hydrogen) atoms. The largest absolute Gasteiger partial charge is 0.369 e. The van der Waals surface area contributed by atoms with E-state index in [1.807, 2.05) is 0 Å². The van der Waals surface area contributed by atoms with Gasteiger partial charge in [0.15, 0.2) is 0 Å². The van der Waals surface area contributed by atoms with Gasteiger partial charge in [-0.25, -0.2) is 4.79 Å². The predicted octanol–water partition coefficient (Wildman–Crippen LogP) is 0.821. The Balaban J connectivity index is 2.28. The van der Waals surface area contributed by atoms with E-state index < -0.39 is 0 Å². The van der Waals surface area contributed by atoms with E-state index in [4.69, 9.17) is 5.73 Å². The lowest BCUT2D eigenvalue weighted by Crippen LogP contribution is -2.40. The van der Waals surface area contributed by atoms with E-state index in [-0.39, 0.29) is 11.6 Å². The Morgan fingerprint density at radius 1 is 1.47 bits per heavy atom. The zero-order chi connectivity index (χ0) is 12.4. The van der Waals surface area contributed by atoms with E-state index in [1.54, 1.807) is 6.20 Å². The molecule has 94 valence electrons. The molecule has 0 bridgehead atoms. The van der Waals surface area contributed by atoms with Gasteiger partial charge in [-0.15, -0.1) is 0 Å². The highest BCUT2D eigenvalue weighted by atomic mass is 16.1. The number of nitrogens with one attached hydrogen (secondary N) is 1. The Labute approximate surface area is 101 Å². The number of H-pyrrole nitrogens is 1. The van der Waals surface area contributed by atoms with Crippen LogP contribution in [0.4, 0.5) is 5.69 Å². The lowest BCUT2D eigenvalue weighted by molar-refractivity contribution is 0.498. The van der Waals surface area contributed by atoms with Gasteiger partial charge in [-0.3, -0.25) is 0 Å². The molecule has 1 aliphatic heterocycles. The third-order valence-electron chi connectivity index (χ3n) is 3.28. The van der Waals surface area contributed by atoms with E-state index in [0.29, 0.717) is 6.04 Å². The van der Waals surface area contributed by atoms with Crippen molar-refractivity contribution in [3.8, 4) is 0 Å². The minimum Gasteiger partial charge on any atom is -0.369 e. The van der Waals surface area contributed by atoms with Crippen molar-refractivity contribution >= 4 is 5.69 Å². The van der Waals surface area contributed by atoms with Gasteiger partial charge in [0.2, 0.25) is 0 Å². The predicted molar refractivity (Wildman–Crippen MR) is 68.4 cm³/mol. The number of aromatic amines is 1. The number of rotatable bonds is 2. The molecule has 1 aromatic heterocycles. The van der Waals surface area contributed by atoms with Gasteiger partial charge in [0.05, 0.1) is 11.9 Å². The quantitative estimate of drug-likeness (QED) is 0.797. The lowest BCUT2D eigenvalue weighted by atomic mass is 10.0. The van der Waals surface area contributed by atoms with Gasteiger partial charge in [-0.1, -0.05) is 13.8 Å². The topological polar surface area (TPSA) is 75.0 Å². The van der Waals surface area contributed by atoms with Gasteiger partial charge in [-0.2, -0.15) is 4.98 Å². The molecular formula is C12H20N4O. The van der Waals surface area contributed by atoms with Crippen molar-refractivity contribution < 1.29 is 0 Å². The molecule has 0 atom stereocenters. The summed E-state index contributed by atoms with van der Waals surface area (Å²) in [6.45, 7) is 6.03. The van der Waals surface area contributed by atoms with Crippen LogP contribution in [0.5, 0.6) is 0 Å². The molecule has 2 rings (SSSR count). The summed E-state index contributed by atoms with van der Waals surface area (Å²) in [5, 5.41) is 0. The SMILES string of the molecule is CC(C)c1[nH]c(=O)ncc1N1CCC(N)CC1. The summed E-state index contributed by atoms with van der Waals surface area (Å²) in [6, 6.07) is 0.310. The van der Waals surface area contributed by atoms with Gasteiger partial charge < -0.3 is 15.6 Å². The molecule has 0 unspecified atom stereocenters. The monoisotopic (exact) mass is 236 g/mol. The molecule has 3 N–H and O–H groups in total. The number of nitrogens with zero attached hydrogens (tertiary/aromatic N) is 2. The Kier molecular flexibility index (Phi) is 3.47. The molecule has 1 fully saturated rings. The van der Waals surface area contributed by atoms with Crippen LogP contribution in [0.15, 0.2) is 11.0 Å². The van der Waals surface area contributed by atoms with Crippen molar-refractivity contribution in [3.05, 3.63) is 22.4 Å². The van der Waals surface area contributed by atoms with Crippen LogP contribution >= 0.6 is 0 Å². The van der Waals surface area contributed by atoms with Crippen molar-refractivity contribution in [2.75, 3.05) is 18.0 Å². The van der Waals surface area contributed by atoms with Gasteiger partial charge in [-0.05, 0) is 18.8 Å². The van der Waals surface area contributed by atoms with Crippen LogP contribution in [0.1, 0.15) is 38.3 Å². The van der Waals surface area contributed by atoms with Crippen molar-refractivity contribution in [1.29, 1.82) is 0 Å². The van der Waals surface area contributed by atoms with Crippen molar-refractivity contribution in [3.63, 3.8) is 0 Å². The summed E-state index contributed by atoms with van der Waals surface area (Å²) < 4.78 is 0. The van der Waals surface area contributed by atoms with E-state index in [0.717, 1.165) is 37.3 Å². The molecule has 2 heterocycles. The van der Waals surface area contributed by atoms with Crippen LogP contribution in [0.25, 0.3) is 0 Å². The lowest BCUT2D eigenvalue weighted by Gasteiger charge is -2.33.